The number of nitrogens with one attached hydrogen (secondary N) is 1. The highest BCUT2D eigenvalue weighted by atomic mass is 16.5. The molecule has 1 aliphatic rings. The molecule has 0 fully saturated rings. The van der Waals surface area contributed by atoms with E-state index in [-0.39, 0.29) is 5.69 Å². The Morgan fingerprint density at radius 2 is 1.95 bits per heavy atom. The van der Waals surface area contributed by atoms with Crippen molar-refractivity contribution in [2.75, 3.05) is 0 Å². The number of carboxylic acid groups (broad SMARTS) is 1. The van der Waals surface area contributed by atoms with E-state index in [1.165, 1.54) is 13.8 Å². The lowest BCUT2D eigenvalue weighted by molar-refractivity contribution is -0.143. The average Bonchev–Trinajstić information content (AvgIpc) is 2.58. The molecule has 2 N–H and O–H groups in total. The summed E-state index contributed by atoms with van der Waals surface area (Å²) in [4.78, 5) is 23.1. The Balaban J connectivity index is 2.21. The van der Waals surface area contributed by atoms with Gasteiger partial charge in [0.25, 0.3) is 5.91 Å². The van der Waals surface area contributed by atoms with Gasteiger partial charge in [-0.25, -0.2) is 4.79 Å². The lowest BCUT2D eigenvalue weighted by Crippen LogP contribution is -2.49. The molecular weight excluding hydrogens is 248 g/mol. The number of fused-ring (bicyclic) bond motifs is 1. The Bertz CT molecular complexity index is 505. The van der Waals surface area contributed by atoms with Crippen molar-refractivity contribution in [2.24, 2.45) is 0 Å². The van der Waals surface area contributed by atoms with E-state index in [9.17, 15) is 9.59 Å². The average molecular weight is 266 g/mol. The van der Waals surface area contributed by atoms with Crippen molar-refractivity contribution in [1.29, 1.82) is 0 Å². The molecule has 1 heterocycles. The third-order valence-electron chi connectivity index (χ3n) is 3.38. The number of amides is 1. The molecular formula is C13H18N2O4. The molecule has 0 saturated heterocycles. The van der Waals surface area contributed by atoms with Crippen LogP contribution >= 0.6 is 0 Å². The standard InChI is InChI=1S/C13H18N2O4/c1-13(2,12(17)18)14-11(16)10-8-6-4-3-5-7-9(8)19-15-10/h3-7H2,1-2H3,(H,14,16)(H,17,18). The molecule has 0 aromatic carbocycles. The number of carbonyl (C=O) groups is 2. The number of hydrogen-bond acceptors (Lipinski definition) is 4. The molecule has 0 atom stereocenters. The summed E-state index contributed by atoms with van der Waals surface area (Å²) in [6.45, 7) is 2.87. The molecule has 0 radical (unpaired) electrons. The maximum Gasteiger partial charge on any atom is 0.328 e. The first-order valence-electron chi connectivity index (χ1n) is 6.45. The van der Waals surface area contributed by atoms with E-state index in [0.29, 0.717) is 0 Å². The molecule has 1 amide bonds. The van der Waals surface area contributed by atoms with Gasteiger partial charge in [0.05, 0.1) is 0 Å². The Kier molecular flexibility index (Phi) is 3.59. The maximum atomic E-state index is 12.1. The van der Waals surface area contributed by atoms with Crippen molar-refractivity contribution in [1.82, 2.24) is 10.5 Å². The highest BCUT2D eigenvalue weighted by Crippen LogP contribution is 2.23. The van der Waals surface area contributed by atoms with Crippen molar-refractivity contribution >= 4 is 11.9 Å². The molecule has 0 unspecified atom stereocenters. The van der Waals surface area contributed by atoms with Gasteiger partial charge in [-0.2, -0.15) is 0 Å². The molecule has 6 nitrogen and oxygen atoms in total. The smallest absolute Gasteiger partial charge is 0.328 e. The third kappa shape index (κ3) is 2.77. The lowest BCUT2D eigenvalue weighted by atomic mass is 10.0. The summed E-state index contributed by atoms with van der Waals surface area (Å²) < 4.78 is 5.20. The zero-order chi connectivity index (χ0) is 14.0. The van der Waals surface area contributed by atoms with Gasteiger partial charge in [0.1, 0.15) is 11.3 Å². The minimum atomic E-state index is -1.33. The van der Waals surface area contributed by atoms with Gasteiger partial charge in [0, 0.05) is 12.0 Å². The Morgan fingerprint density at radius 1 is 1.26 bits per heavy atom. The highest BCUT2D eigenvalue weighted by Gasteiger charge is 2.32. The molecule has 19 heavy (non-hydrogen) atoms. The zero-order valence-corrected chi connectivity index (χ0v) is 11.2. The van der Waals surface area contributed by atoms with Crippen LogP contribution in [0.5, 0.6) is 0 Å². The summed E-state index contributed by atoms with van der Waals surface area (Å²) in [5.74, 6) is -0.814. The molecule has 1 aromatic rings. The van der Waals surface area contributed by atoms with E-state index in [1.807, 2.05) is 0 Å². The van der Waals surface area contributed by atoms with Gasteiger partial charge in [-0.15, -0.1) is 0 Å². The molecule has 0 saturated carbocycles. The van der Waals surface area contributed by atoms with Crippen LogP contribution in [0.15, 0.2) is 4.52 Å². The fraction of sp³-hybridized carbons (Fsp3) is 0.615. The second-order valence-corrected chi connectivity index (χ2v) is 5.38. The van der Waals surface area contributed by atoms with E-state index >= 15 is 0 Å². The van der Waals surface area contributed by atoms with Crippen LogP contribution in [0.4, 0.5) is 0 Å². The van der Waals surface area contributed by atoms with Gasteiger partial charge >= 0.3 is 5.97 Å². The SMILES string of the molecule is CC(C)(NC(=O)c1noc2c1CCCCC2)C(=O)O. The first-order chi connectivity index (χ1) is 8.92. The van der Waals surface area contributed by atoms with Crippen molar-refractivity contribution < 1.29 is 19.2 Å². The molecule has 1 aliphatic carbocycles. The summed E-state index contributed by atoms with van der Waals surface area (Å²) in [6, 6.07) is 0. The summed E-state index contributed by atoms with van der Waals surface area (Å²) in [7, 11) is 0. The molecule has 1 aromatic heterocycles. The second-order valence-electron chi connectivity index (χ2n) is 5.38. The Labute approximate surface area is 111 Å². The van der Waals surface area contributed by atoms with Gasteiger partial charge < -0.3 is 14.9 Å². The van der Waals surface area contributed by atoms with E-state index < -0.39 is 17.4 Å². The molecule has 0 spiro atoms. The van der Waals surface area contributed by atoms with Gasteiger partial charge in [-0.1, -0.05) is 11.6 Å². The van der Waals surface area contributed by atoms with E-state index in [0.717, 1.165) is 43.4 Å². The van der Waals surface area contributed by atoms with Crippen molar-refractivity contribution in [2.45, 2.75) is 51.5 Å². The fourth-order valence-corrected chi connectivity index (χ4v) is 2.14. The molecule has 0 bridgehead atoms. The molecule has 6 heteroatoms. The second kappa shape index (κ2) is 5.03. The van der Waals surface area contributed by atoms with Crippen LogP contribution in [-0.2, 0) is 17.6 Å². The number of nitrogens with zero attached hydrogens (tertiary/aromatic N) is 1. The highest BCUT2D eigenvalue weighted by molar-refractivity contribution is 5.97. The lowest BCUT2D eigenvalue weighted by Gasteiger charge is -2.20. The first kappa shape index (κ1) is 13.6. The summed E-state index contributed by atoms with van der Waals surface area (Å²) >= 11 is 0. The van der Waals surface area contributed by atoms with Crippen molar-refractivity contribution in [3.63, 3.8) is 0 Å². The van der Waals surface area contributed by atoms with Crippen molar-refractivity contribution in [3.05, 3.63) is 17.0 Å². The number of carbonyl (C=O) groups excluding carboxylic acids is 1. The summed E-state index contributed by atoms with van der Waals surface area (Å²) in [5.41, 5.74) is -0.268. The van der Waals surface area contributed by atoms with E-state index in [1.54, 1.807) is 0 Å². The normalized spacial score (nSPS) is 15.5. The number of aryl methyl sites for hydroxylation is 1. The topological polar surface area (TPSA) is 92.4 Å². The number of rotatable bonds is 3. The van der Waals surface area contributed by atoms with Gasteiger partial charge in [-0.3, -0.25) is 4.79 Å². The van der Waals surface area contributed by atoms with Crippen LogP contribution in [-0.4, -0.2) is 27.7 Å². The van der Waals surface area contributed by atoms with Gasteiger partial charge in [-0.05, 0) is 33.1 Å². The predicted octanol–water partition coefficient (Wildman–Crippen LogP) is 1.54. The van der Waals surface area contributed by atoms with E-state index in [4.69, 9.17) is 9.63 Å². The Morgan fingerprint density at radius 3 is 2.63 bits per heavy atom. The maximum absolute atomic E-state index is 12.1. The minimum Gasteiger partial charge on any atom is -0.480 e. The van der Waals surface area contributed by atoms with Gasteiger partial charge in [0.15, 0.2) is 5.69 Å². The third-order valence-corrected chi connectivity index (χ3v) is 3.38. The zero-order valence-electron chi connectivity index (χ0n) is 11.2. The number of aliphatic carboxylic acids is 1. The molecule has 104 valence electrons. The van der Waals surface area contributed by atoms with Crippen LogP contribution in [0.3, 0.4) is 0 Å². The number of aromatic nitrogens is 1. The van der Waals surface area contributed by atoms with Crippen LogP contribution in [0.1, 0.15) is 54.9 Å². The fourth-order valence-electron chi connectivity index (χ4n) is 2.14. The monoisotopic (exact) mass is 266 g/mol. The number of carboxylic acids is 1. The summed E-state index contributed by atoms with van der Waals surface area (Å²) in [6.07, 6.45) is 4.68. The molecule has 2 rings (SSSR count). The largest absolute Gasteiger partial charge is 0.480 e. The van der Waals surface area contributed by atoms with Crippen LogP contribution in [0.25, 0.3) is 0 Å². The van der Waals surface area contributed by atoms with E-state index in [2.05, 4.69) is 10.5 Å². The van der Waals surface area contributed by atoms with Crippen LogP contribution < -0.4 is 5.32 Å². The number of hydrogen-bond donors (Lipinski definition) is 2. The van der Waals surface area contributed by atoms with Crippen LogP contribution in [0.2, 0.25) is 0 Å². The quantitative estimate of drug-likeness (QED) is 0.809. The first-order valence-corrected chi connectivity index (χ1v) is 6.45. The Hall–Kier alpha value is -1.85. The summed E-state index contributed by atoms with van der Waals surface area (Å²) in [5, 5.41) is 15.3. The molecule has 0 aliphatic heterocycles. The van der Waals surface area contributed by atoms with Crippen molar-refractivity contribution in [3.8, 4) is 0 Å². The minimum absolute atomic E-state index is 0.228. The van der Waals surface area contributed by atoms with Crippen LogP contribution in [0, 0.1) is 0 Å². The van der Waals surface area contributed by atoms with Gasteiger partial charge in [0.2, 0.25) is 0 Å². The predicted molar refractivity (Wildman–Crippen MR) is 66.9 cm³/mol.